The molecule has 2 rings (SSSR count). The number of aromatic nitrogens is 2. The van der Waals surface area contributed by atoms with E-state index in [9.17, 15) is 13.2 Å². The van der Waals surface area contributed by atoms with Crippen LogP contribution < -0.4 is 0 Å². The van der Waals surface area contributed by atoms with Gasteiger partial charge in [-0.15, -0.1) is 0 Å². The van der Waals surface area contributed by atoms with Crippen molar-refractivity contribution in [3.8, 4) is 0 Å². The van der Waals surface area contributed by atoms with Crippen molar-refractivity contribution < 1.29 is 17.9 Å². The Kier molecular flexibility index (Phi) is 8.05. The van der Waals surface area contributed by atoms with Crippen LogP contribution in [-0.4, -0.2) is 16.2 Å². The van der Waals surface area contributed by atoms with Crippen molar-refractivity contribution in [3.05, 3.63) is 77.4 Å². The fourth-order valence-corrected chi connectivity index (χ4v) is 2.86. The van der Waals surface area contributed by atoms with Crippen LogP contribution in [0.15, 0.2) is 66.3 Å². The van der Waals surface area contributed by atoms with Gasteiger partial charge in [-0.25, -0.2) is 4.98 Å². The SMILES string of the molecule is CC(C)=CCCC(C)=CCOC(Cn1ccnc1)c1ccccc1C(F)(F)F. The van der Waals surface area contributed by atoms with Gasteiger partial charge in [0.1, 0.15) is 6.10 Å². The minimum absolute atomic E-state index is 0.138. The van der Waals surface area contributed by atoms with Crippen LogP contribution >= 0.6 is 0 Å². The van der Waals surface area contributed by atoms with E-state index >= 15 is 0 Å². The molecule has 1 heterocycles. The van der Waals surface area contributed by atoms with Crippen LogP contribution in [0.1, 0.15) is 50.8 Å². The maximum atomic E-state index is 13.5. The Morgan fingerprint density at radius 3 is 2.57 bits per heavy atom. The molecule has 0 aliphatic heterocycles. The highest BCUT2D eigenvalue weighted by atomic mass is 19.4. The lowest BCUT2D eigenvalue weighted by Crippen LogP contribution is -2.18. The van der Waals surface area contributed by atoms with E-state index in [0.717, 1.165) is 24.5 Å². The molecule has 0 spiro atoms. The topological polar surface area (TPSA) is 27.1 Å². The van der Waals surface area contributed by atoms with Crippen LogP contribution in [0.25, 0.3) is 0 Å². The first kappa shape index (κ1) is 22.0. The summed E-state index contributed by atoms with van der Waals surface area (Å²) in [6.07, 6.45) is 5.69. The maximum absolute atomic E-state index is 13.5. The van der Waals surface area contributed by atoms with E-state index in [1.165, 1.54) is 17.7 Å². The number of benzene rings is 1. The highest BCUT2D eigenvalue weighted by molar-refractivity contribution is 5.31. The zero-order chi connectivity index (χ0) is 20.6. The molecule has 0 radical (unpaired) electrons. The standard InChI is InChI=1S/C22H27F3N2O/c1-17(2)7-6-8-18(3)11-14-28-21(15-27-13-12-26-16-27)19-9-4-5-10-20(19)22(23,24)25/h4-5,7,9-13,16,21H,6,8,14-15H2,1-3H3. The van der Waals surface area contributed by atoms with Crippen molar-refractivity contribution in [3.63, 3.8) is 0 Å². The molecule has 0 saturated heterocycles. The van der Waals surface area contributed by atoms with Crippen LogP contribution in [-0.2, 0) is 17.5 Å². The summed E-state index contributed by atoms with van der Waals surface area (Å²) in [4.78, 5) is 3.96. The van der Waals surface area contributed by atoms with Gasteiger partial charge in [-0.3, -0.25) is 0 Å². The highest BCUT2D eigenvalue weighted by Gasteiger charge is 2.35. The van der Waals surface area contributed by atoms with Gasteiger partial charge in [0, 0.05) is 12.4 Å². The quantitative estimate of drug-likeness (QED) is 0.465. The maximum Gasteiger partial charge on any atom is 0.416 e. The van der Waals surface area contributed by atoms with Crippen molar-refractivity contribution in [1.29, 1.82) is 0 Å². The lowest BCUT2D eigenvalue weighted by molar-refractivity contribution is -0.139. The van der Waals surface area contributed by atoms with Crippen LogP contribution in [0.2, 0.25) is 0 Å². The number of hydrogen-bond donors (Lipinski definition) is 0. The first-order chi connectivity index (χ1) is 13.3. The van der Waals surface area contributed by atoms with E-state index in [1.54, 1.807) is 29.4 Å². The summed E-state index contributed by atoms with van der Waals surface area (Å²) in [7, 11) is 0. The van der Waals surface area contributed by atoms with Gasteiger partial charge in [0.05, 0.1) is 25.0 Å². The van der Waals surface area contributed by atoms with E-state index in [2.05, 4.69) is 24.9 Å². The van der Waals surface area contributed by atoms with Crippen LogP contribution in [0.5, 0.6) is 0 Å². The molecule has 0 N–H and O–H groups in total. The second-order valence-electron chi connectivity index (χ2n) is 7.04. The summed E-state index contributed by atoms with van der Waals surface area (Å²) >= 11 is 0. The first-order valence-corrected chi connectivity index (χ1v) is 9.30. The van der Waals surface area contributed by atoms with E-state index in [0.29, 0.717) is 0 Å². The van der Waals surface area contributed by atoms with Crippen LogP contribution in [0.4, 0.5) is 13.2 Å². The third kappa shape index (κ3) is 7.00. The molecule has 0 amide bonds. The lowest BCUT2D eigenvalue weighted by atomic mass is 10.0. The second-order valence-corrected chi connectivity index (χ2v) is 7.04. The van der Waals surface area contributed by atoms with E-state index < -0.39 is 17.8 Å². The zero-order valence-corrected chi connectivity index (χ0v) is 16.5. The third-order valence-corrected chi connectivity index (χ3v) is 4.37. The molecule has 2 aromatic rings. The molecule has 0 bridgehead atoms. The Morgan fingerprint density at radius 2 is 1.93 bits per heavy atom. The predicted octanol–water partition coefficient (Wildman–Crippen LogP) is 6.35. The van der Waals surface area contributed by atoms with Gasteiger partial charge in [-0.05, 0) is 45.2 Å². The van der Waals surface area contributed by atoms with Gasteiger partial charge < -0.3 is 9.30 Å². The van der Waals surface area contributed by atoms with Crippen molar-refractivity contribution in [2.75, 3.05) is 6.61 Å². The average Bonchev–Trinajstić information content (AvgIpc) is 3.13. The molecule has 0 fully saturated rings. The molecule has 152 valence electrons. The fraction of sp³-hybridized carbons (Fsp3) is 0.409. The highest BCUT2D eigenvalue weighted by Crippen LogP contribution is 2.36. The molecule has 1 aromatic carbocycles. The van der Waals surface area contributed by atoms with E-state index in [-0.39, 0.29) is 18.7 Å². The lowest BCUT2D eigenvalue weighted by Gasteiger charge is -2.22. The normalized spacial score (nSPS) is 13.4. The summed E-state index contributed by atoms with van der Waals surface area (Å²) in [5.74, 6) is 0. The molecule has 0 aliphatic carbocycles. The number of ether oxygens (including phenoxy) is 1. The van der Waals surface area contributed by atoms with Crippen molar-refractivity contribution in [1.82, 2.24) is 9.55 Å². The number of rotatable bonds is 9. The number of alkyl halides is 3. The van der Waals surface area contributed by atoms with Crippen LogP contribution in [0, 0.1) is 0 Å². The second kappa shape index (κ2) is 10.3. The predicted molar refractivity (Wildman–Crippen MR) is 105 cm³/mol. The largest absolute Gasteiger partial charge is 0.416 e. The average molecular weight is 392 g/mol. The molecule has 6 heteroatoms. The molecular formula is C22H27F3N2O. The van der Waals surface area contributed by atoms with E-state index in [4.69, 9.17) is 4.74 Å². The number of allylic oxidation sites excluding steroid dienone is 3. The first-order valence-electron chi connectivity index (χ1n) is 9.30. The molecule has 1 unspecified atom stereocenters. The summed E-state index contributed by atoms with van der Waals surface area (Å²) in [5.41, 5.74) is 1.90. The minimum atomic E-state index is -4.43. The molecule has 3 nitrogen and oxygen atoms in total. The minimum Gasteiger partial charge on any atom is -0.368 e. The summed E-state index contributed by atoms with van der Waals surface area (Å²) in [6, 6.07) is 5.58. The van der Waals surface area contributed by atoms with Crippen molar-refractivity contribution >= 4 is 0 Å². The molecule has 28 heavy (non-hydrogen) atoms. The monoisotopic (exact) mass is 392 g/mol. The summed E-state index contributed by atoms with van der Waals surface area (Å²) in [5, 5.41) is 0. The summed E-state index contributed by atoms with van der Waals surface area (Å²) < 4.78 is 48.0. The van der Waals surface area contributed by atoms with Crippen molar-refractivity contribution in [2.24, 2.45) is 0 Å². The molecule has 1 atom stereocenters. The van der Waals surface area contributed by atoms with Crippen molar-refractivity contribution in [2.45, 2.75) is 52.4 Å². The molecule has 0 saturated carbocycles. The molecular weight excluding hydrogens is 365 g/mol. The Morgan fingerprint density at radius 1 is 1.18 bits per heavy atom. The smallest absolute Gasteiger partial charge is 0.368 e. The van der Waals surface area contributed by atoms with Crippen LogP contribution in [0.3, 0.4) is 0 Å². The number of halogens is 3. The van der Waals surface area contributed by atoms with Gasteiger partial charge in [-0.1, -0.05) is 41.5 Å². The van der Waals surface area contributed by atoms with Gasteiger partial charge in [-0.2, -0.15) is 13.2 Å². The van der Waals surface area contributed by atoms with Gasteiger partial charge in [0.15, 0.2) is 0 Å². The number of imidazole rings is 1. The van der Waals surface area contributed by atoms with Gasteiger partial charge >= 0.3 is 6.18 Å². The Balaban J connectivity index is 2.14. The summed E-state index contributed by atoms with van der Waals surface area (Å²) in [6.45, 7) is 6.64. The fourth-order valence-electron chi connectivity index (χ4n) is 2.86. The number of nitrogens with zero attached hydrogens (tertiary/aromatic N) is 2. The Bertz CT molecular complexity index is 788. The zero-order valence-electron chi connectivity index (χ0n) is 16.5. The Hall–Kier alpha value is -2.34. The van der Waals surface area contributed by atoms with E-state index in [1.807, 2.05) is 13.0 Å². The number of hydrogen-bond acceptors (Lipinski definition) is 2. The Labute approximate surface area is 164 Å². The third-order valence-electron chi connectivity index (χ3n) is 4.37. The molecule has 1 aromatic heterocycles. The molecule has 0 aliphatic rings. The van der Waals surface area contributed by atoms with Gasteiger partial charge in [0.25, 0.3) is 0 Å². The van der Waals surface area contributed by atoms with Gasteiger partial charge in [0.2, 0.25) is 0 Å².